The fourth-order valence-corrected chi connectivity index (χ4v) is 3.20. The van der Waals surface area contributed by atoms with Crippen LogP contribution in [0, 0.1) is 10.8 Å². The molecule has 1 aliphatic carbocycles. The predicted octanol–water partition coefficient (Wildman–Crippen LogP) is 2.54. The van der Waals surface area contributed by atoms with Crippen LogP contribution in [0.25, 0.3) is 11.4 Å². The van der Waals surface area contributed by atoms with E-state index >= 15 is 0 Å². The molecule has 0 radical (unpaired) electrons. The van der Waals surface area contributed by atoms with Crippen molar-refractivity contribution in [2.75, 3.05) is 12.8 Å². The first-order valence-electron chi connectivity index (χ1n) is 7.02. The van der Waals surface area contributed by atoms with E-state index in [1.165, 1.54) is 0 Å². The second-order valence-corrected chi connectivity index (χ2v) is 6.79. The summed E-state index contributed by atoms with van der Waals surface area (Å²) in [6.45, 7) is 8.96. The highest BCUT2D eigenvalue weighted by molar-refractivity contribution is 5.64. The molecule has 112 valence electrons. The lowest BCUT2D eigenvalue weighted by Crippen LogP contribution is -2.06. The van der Waals surface area contributed by atoms with E-state index < -0.39 is 0 Å². The van der Waals surface area contributed by atoms with E-state index in [1.54, 1.807) is 13.2 Å². The molecule has 0 bridgehead atoms. The van der Waals surface area contributed by atoms with E-state index in [1.807, 2.05) is 16.8 Å². The summed E-state index contributed by atoms with van der Waals surface area (Å²) < 4.78 is 7.18. The second kappa shape index (κ2) is 4.19. The fraction of sp³-hybridized carbons (Fsp3) is 0.533. The second-order valence-electron chi connectivity index (χ2n) is 6.79. The molecule has 21 heavy (non-hydrogen) atoms. The Bertz CT molecular complexity index is 675. The van der Waals surface area contributed by atoms with Crippen molar-refractivity contribution in [2.45, 2.75) is 33.7 Å². The highest BCUT2D eigenvalue weighted by atomic mass is 16.5. The maximum absolute atomic E-state index is 5.93. The van der Waals surface area contributed by atoms with Crippen LogP contribution >= 0.6 is 0 Å². The minimum absolute atomic E-state index is 0.154. The van der Waals surface area contributed by atoms with Crippen molar-refractivity contribution >= 4 is 5.69 Å². The lowest BCUT2D eigenvalue weighted by Gasteiger charge is -2.09. The fourth-order valence-electron chi connectivity index (χ4n) is 3.20. The number of aromatic nitrogens is 4. The van der Waals surface area contributed by atoms with Gasteiger partial charge in [-0.3, -0.25) is 0 Å². The molecule has 0 saturated heterocycles. The van der Waals surface area contributed by atoms with Crippen molar-refractivity contribution in [2.24, 2.45) is 10.8 Å². The molecule has 1 saturated carbocycles. The van der Waals surface area contributed by atoms with Gasteiger partial charge in [0, 0.05) is 17.3 Å². The summed E-state index contributed by atoms with van der Waals surface area (Å²) in [5.74, 6) is 1.43. The molecule has 2 aromatic rings. The quantitative estimate of drug-likeness (QED) is 0.878. The Kier molecular flexibility index (Phi) is 2.77. The number of rotatable bonds is 3. The number of tetrazole rings is 1. The van der Waals surface area contributed by atoms with Crippen LogP contribution in [0.4, 0.5) is 5.69 Å². The lowest BCUT2D eigenvalue weighted by molar-refractivity contribution is 0.415. The van der Waals surface area contributed by atoms with E-state index in [0.717, 1.165) is 11.4 Å². The molecule has 0 unspecified atom stereocenters. The smallest absolute Gasteiger partial charge is 0.182 e. The lowest BCUT2D eigenvalue weighted by atomic mass is 10.0. The Balaban J connectivity index is 2.07. The summed E-state index contributed by atoms with van der Waals surface area (Å²) in [5.41, 5.74) is 7.74. The summed E-state index contributed by atoms with van der Waals surface area (Å²) in [6, 6.07) is 5.82. The van der Waals surface area contributed by atoms with Crippen molar-refractivity contribution in [3.05, 3.63) is 18.2 Å². The molecule has 6 nitrogen and oxygen atoms in total. The minimum Gasteiger partial charge on any atom is -0.497 e. The van der Waals surface area contributed by atoms with Gasteiger partial charge >= 0.3 is 0 Å². The molecule has 2 N–H and O–H groups in total. The normalized spacial score (nSPS) is 19.5. The summed E-state index contributed by atoms with van der Waals surface area (Å²) in [5, 5.41) is 12.2. The first kappa shape index (κ1) is 13.9. The van der Waals surface area contributed by atoms with Gasteiger partial charge in [-0.15, -0.1) is 5.10 Å². The van der Waals surface area contributed by atoms with Gasteiger partial charge in [-0.2, -0.15) is 0 Å². The number of ether oxygens (including phenoxy) is 1. The van der Waals surface area contributed by atoms with Gasteiger partial charge < -0.3 is 10.5 Å². The highest BCUT2D eigenvalue weighted by Crippen LogP contribution is 2.71. The first-order chi connectivity index (χ1) is 9.79. The van der Waals surface area contributed by atoms with Gasteiger partial charge in [-0.05, 0) is 33.4 Å². The molecule has 0 atom stereocenters. The van der Waals surface area contributed by atoms with Gasteiger partial charge in [0.05, 0.1) is 13.2 Å². The van der Waals surface area contributed by atoms with Crippen molar-refractivity contribution in [3.8, 4) is 17.1 Å². The average Bonchev–Trinajstić information content (AvgIpc) is 2.76. The van der Waals surface area contributed by atoms with Crippen molar-refractivity contribution in [3.63, 3.8) is 0 Å². The summed E-state index contributed by atoms with van der Waals surface area (Å²) in [4.78, 5) is 0. The number of methoxy groups -OCH3 is 1. The van der Waals surface area contributed by atoms with Gasteiger partial charge in [0.2, 0.25) is 0 Å². The number of benzene rings is 1. The SMILES string of the molecule is COc1cc(N)cc(-c2nnnn2C2C(C)(C)C2(C)C)c1. The van der Waals surface area contributed by atoms with Crippen LogP contribution in [-0.4, -0.2) is 27.3 Å². The number of nitrogens with zero attached hydrogens (tertiary/aromatic N) is 4. The third kappa shape index (κ3) is 1.89. The molecular formula is C15H21N5O. The van der Waals surface area contributed by atoms with Crippen LogP contribution < -0.4 is 10.5 Å². The summed E-state index contributed by atoms with van der Waals surface area (Å²) in [7, 11) is 1.62. The summed E-state index contributed by atoms with van der Waals surface area (Å²) in [6.07, 6.45) is 0. The largest absolute Gasteiger partial charge is 0.497 e. The monoisotopic (exact) mass is 287 g/mol. The van der Waals surface area contributed by atoms with Crippen LogP contribution in [0.5, 0.6) is 5.75 Å². The molecule has 6 heteroatoms. The van der Waals surface area contributed by atoms with Gasteiger partial charge in [-0.1, -0.05) is 27.7 Å². The Morgan fingerprint density at radius 3 is 2.38 bits per heavy atom. The molecule has 0 amide bonds. The minimum atomic E-state index is 0.154. The standard InChI is InChI=1S/C15H21N5O/c1-14(2)13(15(14,3)4)20-12(17-18-19-20)9-6-10(16)8-11(7-9)21-5/h6-8,13H,16H2,1-5H3. The van der Waals surface area contributed by atoms with Crippen LogP contribution in [0.1, 0.15) is 33.7 Å². The van der Waals surface area contributed by atoms with Crippen molar-refractivity contribution in [1.29, 1.82) is 0 Å². The van der Waals surface area contributed by atoms with Gasteiger partial charge in [0.1, 0.15) is 5.75 Å². The number of nitrogen functional groups attached to an aromatic ring is 1. The summed E-state index contributed by atoms with van der Waals surface area (Å²) >= 11 is 0. The van der Waals surface area contributed by atoms with E-state index in [4.69, 9.17) is 10.5 Å². The van der Waals surface area contributed by atoms with Crippen LogP contribution in [0.3, 0.4) is 0 Å². The van der Waals surface area contributed by atoms with E-state index in [-0.39, 0.29) is 16.9 Å². The molecule has 1 aromatic heterocycles. The molecule has 1 fully saturated rings. The molecule has 1 heterocycles. The molecule has 3 rings (SSSR count). The molecule has 1 aliphatic rings. The van der Waals surface area contributed by atoms with Gasteiger partial charge in [0.15, 0.2) is 5.82 Å². The van der Waals surface area contributed by atoms with Crippen LogP contribution in [0.2, 0.25) is 0 Å². The number of hydrogen-bond donors (Lipinski definition) is 1. The molecular weight excluding hydrogens is 266 g/mol. The zero-order valence-corrected chi connectivity index (χ0v) is 13.1. The number of anilines is 1. The zero-order valence-electron chi connectivity index (χ0n) is 13.1. The predicted molar refractivity (Wildman–Crippen MR) is 80.8 cm³/mol. The zero-order chi connectivity index (χ0) is 15.4. The van der Waals surface area contributed by atoms with Crippen molar-refractivity contribution < 1.29 is 4.74 Å². The average molecular weight is 287 g/mol. The number of nitrogens with two attached hydrogens (primary N) is 1. The van der Waals surface area contributed by atoms with E-state index in [0.29, 0.717) is 11.4 Å². The maximum Gasteiger partial charge on any atom is 0.182 e. The molecule has 0 aliphatic heterocycles. The van der Waals surface area contributed by atoms with E-state index in [2.05, 4.69) is 43.2 Å². The topological polar surface area (TPSA) is 78.8 Å². The Labute approximate surface area is 124 Å². The third-order valence-electron chi connectivity index (χ3n) is 5.10. The van der Waals surface area contributed by atoms with Gasteiger partial charge in [-0.25, -0.2) is 4.68 Å². The Morgan fingerprint density at radius 1 is 1.14 bits per heavy atom. The molecule has 0 spiro atoms. The van der Waals surface area contributed by atoms with Crippen LogP contribution in [0.15, 0.2) is 18.2 Å². The molecule has 1 aromatic carbocycles. The first-order valence-corrected chi connectivity index (χ1v) is 7.02. The van der Waals surface area contributed by atoms with Gasteiger partial charge in [0.25, 0.3) is 0 Å². The highest BCUT2D eigenvalue weighted by Gasteiger charge is 2.67. The van der Waals surface area contributed by atoms with Crippen LogP contribution in [-0.2, 0) is 0 Å². The number of hydrogen-bond acceptors (Lipinski definition) is 5. The maximum atomic E-state index is 5.93. The van der Waals surface area contributed by atoms with Crippen molar-refractivity contribution in [1.82, 2.24) is 20.2 Å². The van der Waals surface area contributed by atoms with E-state index in [9.17, 15) is 0 Å². The Hall–Kier alpha value is -2.11. The third-order valence-corrected chi connectivity index (χ3v) is 5.10. The Morgan fingerprint density at radius 2 is 1.81 bits per heavy atom.